The Morgan fingerprint density at radius 1 is 0.893 bits per heavy atom. The molecule has 0 fully saturated rings. The van der Waals surface area contributed by atoms with Crippen molar-refractivity contribution in [2.24, 2.45) is 5.41 Å². The summed E-state index contributed by atoms with van der Waals surface area (Å²) in [6, 6.07) is 12.6. The zero-order valence-electron chi connectivity index (χ0n) is 17.0. The number of aromatic carboxylic acids is 2. The minimum absolute atomic E-state index is 0.181. The second-order valence-electron chi connectivity index (χ2n) is 7.74. The van der Waals surface area contributed by atoms with Crippen molar-refractivity contribution in [2.75, 3.05) is 0 Å². The van der Waals surface area contributed by atoms with Crippen LogP contribution < -0.4 is 0 Å². The van der Waals surface area contributed by atoms with Crippen LogP contribution in [0.25, 0.3) is 0 Å². The van der Waals surface area contributed by atoms with Gasteiger partial charge in [0.05, 0.1) is 11.1 Å². The van der Waals surface area contributed by atoms with Crippen molar-refractivity contribution < 1.29 is 19.8 Å². The van der Waals surface area contributed by atoms with Gasteiger partial charge in [0.1, 0.15) is 0 Å². The summed E-state index contributed by atoms with van der Waals surface area (Å²) >= 11 is 0. The van der Waals surface area contributed by atoms with E-state index in [1.165, 1.54) is 0 Å². The van der Waals surface area contributed by atoms with Gasteiger partial charge in [-0.3, -0.25) is 0 Å². The highest BCUT2D eigenvalue weighted by Gasteiger charge is 2.31. The molecule has 2 rings (SSSR count). The molecule has 0 bridgehead atoms. The van der Waals surface area contributed by atoms with E-state index in [0.717, 1.165) is 42.4 Å². The lowest BCUT2D eigenvalue weighted by Crippen LogP contribution is -2.28. The van der Waals surface area contributed by atoms with E-state index in [4.69, 9.17) is 0 Å². The standard InChI is InChI=1S/C24H30O4/c1-4-6-13-24(5-2,15-18-9-7-8-10-20(18)22(25)26)16-19-14-17(3)11-12-21(19)23(27)28/h7-12,14H,4-6,13,15-16H2,1-3H3,(H,25,26)(H,27,28). The van der Waals surface area contributed by atoms with Gasteiger partial charge < -0.3 is 10.2 Å². The van der Waals surface area contributed by atoms with E-state index in [2.05, 4.69) is 13.8 Å². The first-order valence-electron chi connectivity index (χ1n) is 9.96. The molecule has 0 spiro atoms. The van der Waals surface area contributed by atoms with Crippen molar-refractivity contribution in [3.05, 3.63) is 70.3 Å². The Morgan fingerprint density at radius 3 is 2.11 bits per heavy atom. The molecule has 2 N–H and O–H groups in total. The van der Waals surface area contributed by atoms with Gasteiger partial charge in [-0.15, -0.1) is 0 Å². The molecule has 0 saturated heterocycles. The molecule has 2 aromatic rings. The molecule has 0 heterocycles. The third-order valence-corrected chi connectivity index (χ3v) is 5.68. The molecule has 1 atom stereocenters. The van der Waals surface area contributed by atoms with E-state index in [0.29, 0.717) is 24.0 Å². The highest BCUT2D eigenvalue weighted by Crippen LogP contribution is 2.38. The van der Waals surface area contributed by atoms with Gasteiger partial charge in [0.25, 0.3) is 0 Å². The number of hydrogen-bond acceptors (Lipinski definition) is 2. The van der Waals surface area contributed by atoms with Crippen LogP contribution in [0, 0.1) is 12.3 Å². The number of carboxylic acid groups (broad SMARTS) is 2. The Labute approximate surface area is 167 Å². The number of aryl methyl sites for hydroxylation is 1. The monoisotopic (exact) mass is 382 g/mol. The molecule has 0 aliphatic rings. The molecule has 1 unspecified atom stereocenters. The largest absolute Gasteiger partial charge is 0.478 e. The van der Waals surface area contributed by atoms with Crippen LogP contribution in [0.15, 0.2) is 42.5 Å². The molecule has 28 heavy (non-hydrogen) atoms. The quantitative estimate of drug-likeness (QED) is 0.547. The van der Waals surface area contributed by atoms with Gasteiger partial charge in [-0.1, -0.05) is 62.6 Å². The van der Waals surface area contributed by atoms with Gasteiger partial charge in [-0.25, -0.2) is 9.59 Å². The van der Waals surface area contributed by atoms with Crippen LogP contribution in [0.2, 0.25) is 0 Å². The van der Waals surface area contributed by atoms with Crippen molar-refractivity contribution in [2.45, 2.75) is 59.3 Å². The number of carbonyl (C=O) groups is 2. The average Bonchev–Trinajstić information content (AvgIpc) is 2.66. The third kappa shape index (κ3) is 5.22. The maximum absolute atomic E-state index is 11.7. The number of carboxylic acids is 2. The number of unbranched alkanes of at least 4 members (excludes halogenated alkanes) is 1. The van der Waals surface area contributed by atoms with Gasteiger partial charge in [0.2, 0.25) is 0 Å². The Morgan fingerprint density at radius 2 is 1.50 bits per heavy atom. The average molecular weight is 383 g/mol. The molecule has 4 heteroatoms. The molecule has 4 nitrogen and oxygen atoms in total. The number of hydrogen-bond donors (Lipinski definition) is 2. The van der Waals surface area contributed by atoms with Crippen molar-refractivity contribution in [1.82, 2.24) is 0 Å². The summed E-state index contributed by atoms with van der Waals surface area (Å²) in [5.74, 6) is -1.83. The normalized spacial score (nSPS) is 13.1. The molecule has 0 saturated carbocycles. The van der Waals surface area contributed by atoms with Crippen LogP contribution in [-0.4, -0.2) is 22.2 Å². The zero-order valence-corrected chi connectivity index (χ0v) is 17.0. The van der Waals surface area contributed by atoms with Crippen molar-refractivity contribution in [3.63, 3.8) is 0 Å². The molecule has 0 amide bonds. The summed E-state index contributed by atoms with van der Waals surface area (Å²) in [4.78, 5) is 23.4. The maximum atomic E-state index is 11.7. The van der Waals surface area contributed by atoms with Gasteiger partial charge in [-0.2, -0.15) is 0 Å². The molecule has 150 valence electrons. The Bertz CT molecular complexity index is 840. The maximum Gasteiger partial charge on any atom is 0.335 e. The minimum atomic E-state index is -0.919. The lowest BCUT2D eigenvalue weighted by molar-refractivity contribution is 0.0685. The minimum Gasteiger partial charge on any atom is -0.478 e. The summed E-state index contributed by atoms with van der Waals surface area (Å²) in [6.45, 7) is 6.23. The summed E-state index contributed by atoms with van der Waals surface area (Å²) < 4.78 is 0. The highest BCUT2D eigenvalue weighted by molar-refractivity contribution is 5.90. The predicted octanol–water partition coefficient (Wildman–Crippen LogP) is 5.76. The Balaban J connectivity index is 2.49. The van der Waals surface area contributed by atoms with Crippen molar-refractivity contribution >= 4 is 11.9 Å². The molecular formula is C24H30O4. The second-order valence-corrected chi connectivity index (χ2v) is 7.74. The van der Waals surface area contributed by atoms with Crippen molar-refractivity contribution in [1.29, 1.82) is 0 Å². The lowest BCUT2D eigenvalue weighted by Gasteiger charge is -2.34. The van der Waals surface area contributed by atoms with Crippen LogP contribution >= 0.6 is 0 Å². The fraction of sp³-hybridized carbons (Fsp3) is 0.417. The van der Waals surface area contributed by atoms with Gasteiger partial charge in [-0.05, 0) is 61.3 Å². The second kappa shape index (κ2) is 9.54. The van der Waals surface area contributed by atoms with Crippen LogP contribution in [0.4, 0.5) is 0 Å². The van der Waals surface area contributed by atoms with Crippen molar-refractivity contribution in [3.8, 4) is 0 Å². The molecule has 0 aliphatic carbocycles. The predicted molar refractivity (Wildman–Crippen MR) is 111 cm³/mol. The summed E-state index contributed by atoms with van der Waals surface area (Å²) in [5, 5.41) is 19.2. The molecule has 0 aromatic heterocycles. The topological polar surface area (TPSA) is 74.6 Å². The molecule has 0 radical (unpaired) electrons. The number of benzene rings is 2. The molecular weight excluding hydrogens is 352 g/mol. The van der Waals surface area contributed by atoms with Gasteiger partial charge in [0.15, 0.2) is 0 Å². The Hall–Kier alpha value is -2.62. The smallest absolute Gasteiger partial charge is 0.335 e. The molecule has 0 aliphatic heterocycles. The fourth-order valence-electron chi connectivity index (χ4n) is 3.99. The lowest BCUT2D eigenvalue weighted by atomic mass is 9.70. The first-order valence-corrected chi connectivity index (χ1v) is 9.96. The number of rotatable bonds is 10. The summed E-state index contributed by atoms with van der Waals surface area (Å²) in [5.41, 5.74) is 3.17. The molecule has 2 aromatic carbocycles. The first-order chi connectivity index (χ1) is 13.3. The summed E-state index contributed by atoms with van der Waals surface area (Å²) in [7, 11) is 0. The Kier molecular flexibility index (Phi) is 7.38. The van der Waals surface area contributed by atoms with Crippen LogP contribution in [0.3, 0.4) is 0 Å². The van der Waals surface area contributed by atoms with Crippen LogP contribution in [-0.2, 0) is 12.8 Å². The summed E-state index contributed by atoms with van der Waals surface area (Å²) in [6.07, 6.45) is 5.11. The van der Waals surface area contributed by atoms with E-state index in [-0.39, 0.29) is 5.41 Å². The van der Waals surface area contributed by atoms with E-state index in [1.807, 2.05) is 31.2 Å². The van der Waals surface area contributed by atoms with Crippen LogP contribution in [0.1, 0.15) is 76.9 Å². The van der Waals surface area contributed by atoms with E-state index >= 15 is 0 Å². The van der Waals surface area contributed by atoms with Crippen LogP contribution in [0.5, 0.6) is 0 Å². The zero-order chi connectivity index (χ0) is 20.7. The highest BCUT2D eigenvalue weighted by atomic mass is 16.4. The van der Waals surface area contributed by atoms with Gasteiger partial charge in [0, 0.05) is 0 Å². The third-order valence-electron chi connectivity index (χ3n) is 5.68. The van der Waals surface area contributed by atoms with E-state index < -0.39 is 11.9 Å². The van der Waals surface area contributed by atoms with E-state index in [9.17, 15) is 19.8 Å². The van der Waals surface area contributed by atoms with E-state index in [1.54, 1.807) is 18.2 Å². The SMILES string of the molecule is CCCCC(CC)(Cc1ccccc1C(=O)O)Cc1cc(C)ccc1C(=O)O. The first kappa shape index (κ1) is 21.7. The van der Waals surface area contributed by atoms with Gasteiger partial charge >= 0.3 is 11.9 Å². The fourth-order valence-corrected chi connectivity index (χ4v) is 3.99.